The van der Waals surface area contributed by atoms with Gasteiger partial charge in [-0.05, 0) is 93.4 Å². The smallest absolute Gasteiger partial charge is 0.160 e. The Kier molecular flexibility index (Phi) is 6.39. The van der Waals surface area contributed by atoms with Gasteiger partial charge in [-0.3, -0.25) is 0 Å². The van der Waals surface area contributed by atoms with Crippen LogP contribution in [0.2, 0.25) is 0 Å². The minimum atomic E-state index is 0.127. The van der Waals surface area contributed by atoms with E-state index in [0.29, 0.717) is 0 Å². The van der Waals surface area contributed by atoms with Crippen molar-refractivity contribution in [1.82, 2.24) is 14.5 Å². The zero-order valence-electron chi connectivity index (χ0n) is 29.5. The van der Waals surface area contributed by atoms with Crippen molar-refractivity contribution in [1.29, 1.82) is 0 Å². The summed E-state index contributed by atoms with van der Waals surface area (Å²) in [4.78, 5) is 10.5. The van der Waals surface area contributed by atoms with Gasteiger partial charge in [-0.2, -0.15) is 0 Å². The van der Waals surface area contributed by atoms with E-state index in [1.165, 1.54) is 61.9 Å². The molecule has 0 unspecified atom stereocenters. The number of para-hydroxylation sites is 1. The summed E-state index contributed by atoms with van der Waals surface area (Å²) < 4.78 is 2.47. The van der Waals surface area contributed by atoms with Gasteiger partial charge in [0.1, 0.15) is 0 Å². The van der Waals surface area contributed by atoms with Gasteiger partial charge in [0.05, 0.1) is 22.2 Å². The zero-order valence-corrected chi connectivity index (χ0v) is 29.5. The van der Waals surface area contributed by atoms with Gasteiger partial charge in [0.25, 0.3) is 0 Å². The van der Waals surface area contributed by atoms with Crippen LogP contribution in [0.5, 0.6) is 0 Å². The Balaban J connectivity index is 1.19. The van der Waals surface area contributed by atoms with Crippen LogP contribution in [0.25, 0.3) is 82.6 Å². The van der Waals surface area contributed by atoms with E-state index >= 15 is 0 Å². The molecule has 246 valence electrons. The molecule has 0 bridgehead atoms. The minimum Gasteiger partial charge on any atom is -0.309 e. The van der Waals surface area contributed by atoms with Crippen LogP contribution in [0, 0.1) is 0 Å². The van der Waals surface area contributed by atoms with Crippen LogP contribution in [0.3, 0.4) is 0 Å². The molecule has 0 spiro atoms. The Morgan fingerprint density at radius 3 is 1.98 bits per heavy atom. The van der Waals surface area contributed by atoms with Gasteiger partial charge >= 0.3 is 0 Å². The summed E-state index contributed by atoms with van der Waals surface area (Å²) in [7, 11) is 0. The number of hydrogen-bond acceptors (Lipinski definition) is 2. The minimum absolute atomic E-state index is 0.127. The molecule has 0 N–H and O–H groups in total. The Hall–Kier alpha value is -5.80. The molecule has 2 heterocycles. The largest absolute Gasteiger partial charge is 0.309 e. The third-order valence-electron chi connectivity index (χ3n) is 11.6. The third-order valence-corrected chi connectivity index (χ3v) is 11.6. The van der Waals surface area contributed by atoms with Gasteiger partial charge in [-0.25, -0.2) is 9.97 Å². The number of rotatable bonds is 3. The van der Waals surface area contributed by atoms with Gasteiger partial charge in [-0.1, -0.05) is 125 Å². The average Bonchev–Trinajstić information content (AvgIpc) is 3.49. The second-order valence-electron chi connectivity index (χ2n) is 15.7. The molecule has 10 rings (SSSR count). The fourth-order valence-electron chi connectivity index (χ4n) is 8.63. The molecule has 0 aliphatic heterocycles. The van der Waals surface area contributed by atoms with Crippen molar-refractivity contribution in [3.05, 3.63) is 151 Å². The lowest BCUT2D eigenvalue weighted by Crippen LogP contribution is -2.33. The normalized spacial score (nSPS) is 15.2. The standard InChI is InChI=1S/C48H39N3/c1-47(2)24-25-48(3,4)41-29-43-39(28-40(41)47)37-16-10-11-17-42(37)51(43)35-22-20-30-18-19-33(26-34(30)27-35)46-49-44(32-13-6-5-7-14-32)38-23-21-31-12-8-9-15-36(31)45(38)50-46/h5-23,26-29H,24-25H2,1-4H3. The molecular formula is C48H39N3. The number of benzene rings is 7. The second-order valence-corrected chi connectivity index (χ2v) is 15.7. The number of fused-ring (bicyclic) bond motifs is 8. The molecule has 0 radical (unpaired) electrons. The maximum absolute atomic E-state index is 5.27. The molecule has 1 aliphatic carbocycles. The third kappa shape index (κ3) is 4.64. The van der Waals surface area contributed by atoms with Crippen LogP contribution in [-0.4, -0.2) is 14.5 Å². The molecule has 2 aromatic heterocycles. The fourth-order valence-corrected chi connectivity index (χ4v) is 8.63. The van der Waals surface area contributed by atoms with Gasteiger partial charge in [0.15, 0.2) is 5.82 Å². The molecule has 1 aliphatic rings. The van der Waals surface area contributed by atoms with Crippen molar-refractivity contribution in [3.8, 4) is 28.3 Å². The quantitative estimate of drug-likeness (QED) is 0.177. The summed E-state index contributed by atoms with van der Waals surface area (Å²) in [6.07, 6.45) is 2.39. The average molecular weight is 658 g/mol. The summed E-state index contributed by atoms with van der Waals surface area (Å²) >= 11 is 0. The Bertz CT molecular complexity index is 2860. The van der Waals surface area contributed by atoms with Gasteiger partial charge in [0, 0.05) is 38.4 Å². The predicted molar refractivity (Wildman–Crippen MR) is 215 cm³/mol. The topological polar surface area (TPSA) is 30.7 Å². The van der Waals surface area contributed by atoms with Gasteiger partial charge < -0.3 is 4.57 Å². The highest BCUT2D eigenvalue weighted by Crippen LogP contribution is 2.48. The van der Waals surface area contributed by atoms with Crippen molar-refractivity contribution < 1.29 is 0 Å². The van der Waals surface area contributed by atoms with Crippen LogP contribution >= 0.6 is 0 Å². The van der Waals surface area contributed by atoms with Gasteiger partial charge in [0.2, 0.25) is 0 Å². The molecule has 3 nitrogen and oxygen atoms in total. The summed E-state index contributed by atoms with van der Waals surface area (Å²) in [6.45, 7) is 9.66. The van der Waals surface area contributed by atoms with E-state index in [0.717, 1.165) is 44.6 Å². The summed E-state index contributed by atoms with van der Waals surface area (Å²) in [5.74, 6) is 0.735. The van der Waals surface area contributed by atoms with Crippen molar-refractivity contribution >= 4 is 54.3 Å². The highest BCUT2D eigenvalue weighted by Gasteiger charge is 2.37. The van der Waals surface area contributed by atoms with E-state index in [1.54, 1.807) is 0 Å². The Morgan fingerprint density at radius 2 is 1.16 bits per heavy atom. The van der Waals surface area contributed by atoms with E-state index in [2.05, 4.69) is 172 Å². The fraction of sp³-hybridized carbons (Fsp3) is 0.167. The molecular weight excluding hydrogens is 619 g/mol. The first-order chi connectivity index (χ1) is 24.7. The maximum Gasteiger partial charge on any atom is 0.160 e. The maximum atomic E-state index is 5.27. The molecule has 0 fully saturated rings. The number of nitrogens with zero attached hydrogens (tertiary/aromatic N) is 3. The van der Waals surface area contributed by atoms with Crippen LogP contribution in [-0.2, 0) is 10.8 Å². The van der Waals surface area contributed by atoms with Crippen molar-refractivity contribution in [2.24, 2.45) is 0 Å². The molecule has 7 aromatic carbocycles. The van der Waals surface area contributed by atoms with Crippen LogP contribution < -0.4 is 0 Å². The Morgan fingerprint density at radius 1 is 0.471 bits per heavy atom. The zero-order chi connectivity index (χ0) is 34.5. The first kappa shape index (κ1) is 30.1. The Labute approximate surface area is 298 Å². The van der Waals surface area contributed by atoms with E-state index in [-0.39, 0.29) is 10.8 Å². The SMILES string of the molecule is CC1(C)CCC(C)(C)c2cc3c(cc21)c1ccccc1n3-c1ccc2ccc(-c3nc(-c4ccccc4)c4ccc5ccccc5c4n3)cc2c1. The first-order valence-electron chi connectivity index (χ1n) is 18.1. The molecule has 0 atom stereocenters. The monoisotopic (exact) mass is 657 g/mol. The number of hydrogen-bond donors (Lipinski definition) is 0. The van der Waals surface area contributed by atoms with Gasteiger partial charge in [-0.15, -0.1) is 0 Å². The molecule has 0 amide bonds. The highest BCUT2D eigenvalue weighted by atomic mass is 15.0. The lowest BCUT2D eigenvalue weighted by molar-refractivity contribution is 0.332. The van der Waals surface area contributed by atoms with Crippen molar-refractivity contribution in [2.75, 3.05) is 0 Å². The summed E-state index contributed by atoms with van der Waals surface area (Å²) in [5, 5.41) is 8.36. The van der Waals surface area contributed by atoms with Crippen molar-refractivity contribution in [2.45, 2.75) is 51.4 Å². The van der Waals surface area contributed by atoms with Crippen molar-refractivity contribution in [3.63, 3.8) is 0 Å². The van der Waals surface area contributed by atoms with Crippen LogP contribution in [0.15, 0.2) is 140 Å². The highest BCUT2D eigenvalue weighted by molar-refractivity contribution is 6.11. The molecule has 9 aromatic rings. The predicted octanol–water partition coefficient (Wildman–Crippen LogP) is 12.7. The molecule has 0 saturated heterocycles. The van der Waals surface area contributed by atoms with Crippen LogP contribution in [0.1, 0.15) is 51.7 Å². The molecule has 0 saturated carbocycles. The number of aromatic nitrogens is 3. The summed E-state index contributed by atoms with van der Waals surface area (Å²) in [5.41, 5.74) is 10.9. The second kappa shape index (κ2) is 10.8. The first-order valence-corrected chi connectivity index (χ1v) is 18.1. The van der Waals surface area contributed by atoms with E-state index in [9.17, 15) is 0 Å². The molecule has 3 heteroatoms. The lowest BCUT2D eigenvalue weighted by Gasteiger charge is -2.42. The van der Waals surface area contributed by atoms with E-state index in [4.69, 9.17) is 9.97 Å². The van der Waals surface area contributed by atoms with E-state index < -0.39 is 0 Å². The van der Waals surface area contributed by atoms with E-state index in [1.807, 2.05) is 0 Å². The van der Waals surface area contributed by atoms with Crippen LogP contribution in [0.4, 0.5) is 0 Å². The molecule has 51 heavy (non-hydrogen) atoms. The summed E-state index contributed by atoms with van der Waals surface area (Å²) in [6, 6.07) is 50.7. The lowest BCUT2D eigenvalue weighted by atomic mass is 9.63.